The Morgan fingerprint density at radius 2 is 2.10 bits per heavy atom. The number of hydrogen-bond acceptors (Lipinski definition) is 4. The van der Waals surface area contributed by atoms with Crippen molar-refractivity contribution in [2.75, 3.05) is 0 Å². The van der Waals surface area contributed by atoms with Gasteiger partial charge in [-0.05, 0) is 35.7 Å². The average Bonchev–Trinajstić information content (AvgIpc) is 2.47. The van der Waals surface area contributed by atoms with Crippen LogP contribution in [0.3, 0.4) is 0 Å². The molecule has 0 radical (unpaired) electrons. The molecule has 0 fully saturated rings. The maximum absolute atomic E-state index is 8.78. The van der Waals surface area contributed by atoms with Gasteiger partial charge in [-0.15, -0.1) is 0 Å². The molecule has 1 heterocycles. The second-order valence-electron chi connectivity index (χ2n) is 4.67. The van der Waals surface area contributed by atoms with Gasteiger partial charge in [0.15, 0.2) is 5.84 Å². The van der Waals surface area contributed by atoms with Gasteiger partial charge < -0.3 is 15.7 Å². The number of pyridine rings is 1. The van der Waals surface area contributed by atoms with Gasteiger partial charge in [-0.3, -0.25) is 0 Å². The number of nitrogens with zero attached hydrogens (tertiary/aromatic N) is 2. The molecule has 104 valence electrons. The molecule has 0 aliphatic heterocycles. The smallest absolute Gasteiger partial charge is 0.230 e. The van der Waals surface area contributed by atoms with Crippen molar-refractivity contribution in [1.82, 2.24) is 4.98 Å². The molecule has 0 bridgehead atoms. The van der Waals surface area contributed by atoms with E-state index in [2.05, 4.69) is 24.0 Å². The maximum atomic E-state index is 8.78. The molecule has 0 saturated heterocycles. The molecule has 0 aliphatic carbocycles. The SMILES string of the molecule is CC(C)c1cccc(Oc2ncccc2/C(N)=N/O)c1. The highest BCUT2D eigenvalue weighted by Gasteiger charge is 2.10. The topological polar surface area (TPSA) is 80.7 Å². The van der Waals surface area contributed by atoms with Crippen LogP contribution in [-0.2, 0) is 0 Å². The molecule has 20 heavy (non-hydrogen) atoms. The van der Waals surface area contributed by atoms with Crippen LogP contribution in [0.5, 0.6) is 11.6 Å². The highest BCUT2D eigenvalue weighted by Crippen LogP contribution is 2.26. The van der Waals surface area contributed by atoms with Crippen LogP contribution in [-0.4, -0.2) is 16.0 Å². The molecule has 0 amide bonds. The predicted octanol–water partition coefficient (Wildman–Crippen LogP) is 3.09. The van der Waals surface area contributed by atoms with Gasteiger partial charge in [0.1, 0.15) is 5.75 Å². The fourth-order valence-corrected chi connectivity index (χ4v) is 1.77. The van der Waals surface area contributed by atoms with E-state index < -0.39 is 0 Å². The number of nitrogens with two attached hydrogens (primary N) is 1. The van der Waals surface area contributed by atoms with Gasteiger partial charge in [-0.2, -0.15) is 0 Å². The Hall–Kier alpha value is -2.56. The van der Waals surface area contributed by atoms with E-state index >= 15 is 0 Å². The monoisotopic (exact) mass is 271 g/mol. The van der Waals surface area contributed by atoms with E-state index in [1.54, 1.807) is 18.3 Å². The molecule has 5 heteroatoms. The quantitative estimate of drug-likeness (QED) is 0.387. The summed E-state index contributed by atoms with van der Waals surface area (Å²) >= 11 is 0. The summed E-state index contributed by atoms with van der Waals surface area (Å²) in [5, 5.41) is 11.8. The Bertz CT molecular complexity index is 624. The summed E-state index contributed by atoms with van der Waals surface area (Å²) in [6.45, 7) is 4.23. The minimum absolute atomic E-state index is 0.0342. The van der Waals surface area contributed by atoms with Gasteiger partial charge in [0.2, 0.25) is 5.88 Å². The first-order valence-electron chi connectivity index (χ1n) is 6.32. The Balaban J connectivity index is 2.33. The first-order valence-corrected chi connectivity index (χ1v) is 6.32. The number of aromatic nitrogens is 1. The number of oxime groups is 1. The molecule has 0 atom stereocenters. The zero-order valence-electron chi connectivity index (χ0n) is 11.4. The molecule has 1 aromatic heterocycles. The van der Waals surface area contributed by atoms with Crippen molar-refractivity contribution in [3.8, 4) is 11.6 Å². The average molecular weight is 271 g/mol. The van der Waals surface area contributed by atoms with Crippen LogP contribution >= 0.6 is 0 Å². The van der Waals surface area contributed by atoms with E-state index in [0.29, 0.717) is 23.1 Å². The zero-order chi connectivity index (χ0) is 14.5. The molecule has 2 rings (SSSR count). The normalized spacial score (nSPS) is 11.7. The zero-order valence-corrected chi connectivity index (χ0v) is 11.4. The largest absolute Gasteiger partial charge is 0.438 e. The molecular weight excluding hydrogens is 254 g/mol. The van der Waals surface area contributed by atoms with Crippen molar-refractivity contribution in [1.29, 1.82) is 0 Å². The van der Waals surface area contributed by atoms with Gasteiger partial charge in [-0.25, -0.2) is 4.98 Å². The third kappa shape index (κ3) is 3.06. The fourth-order valence-electron chi connectivity index (χ4n) is 1.77. The lowest BCUT2D eigenvalue weighted by atomic mass is 10.0. The number of ether oxygens (including phenoxy) is 1. The molecule has 0 saturated carbocycles. The van der Waals surface area contributed by atoms with Crippen LogP contribution in [0.2, 0.25) is 0 Å². The molecule has 0 unspecified atom stereocenters. The predicted molar refractivity (Wildman–Crippen MR) is 77.4 cm³/mol. The van der Waals surface area contributed by atoms with Gasteiger partial charge in [-0.1, -0.05) is 31.1 Å². The van der Waals surface area contributed by atoms with Crippen LogP contribution in [0.15, 0.2) is 47.8 Å². The molecule has 1 aromatic carbocycles. The highest BCUT2D eigenvalue weighted by molar-refractivity contribution is 5.99. The van der Waals surface area contributed by atoms with Crippen molar-refractivity contribution in [2.24, 2.45) is 10.9 Å². The summed E-state index contributed by atoms with van der Waals surface area (Å²) in [4.78, 5) is 4.12. The van der Waals surface area contributed by atoms with Crippen molar-refractivity contribution in [2.45, 2.75) is 19.8 Å². The van der Waals surface area contributed by atoms with Gasteiger partial charge >= 0.3 is 0 Å². The van der Waals surface area contributed by atoms with E-state index in [0.717, 1.165) is 0 Å². The van der Waals surface area contributed by atoms with Gasteiger partial charge in [0.05, 0.1) is 5.56 Å². The van der Waals surface area contributed by atoms with Crippen LogP contribution in [0.25, 0.3) is 0 Å². The lowest BCUT2D eigenvalue weighted by Crippen LogP contribution is -2.14. The molecule has 2 aromatic rings. The van der Waals surface area contributed by atoms with Crippen molar-refractivity contribution in [3.63, 3.8) is 0 Å². The van der Waals surface area contributed by atoms with E-state index in [1.807, 2.05) is 24.3 Å². The Kier molecular flexibility index (Phi) is 4.20. The first kappa shape index (κ1) is 13.9. The minimum Gasteiger partial charge on any atom is -0.438 e. The maximum Gasteiger partial charge on any atom is 0.230 e. The Labute approximate surface area is 117 Å². The summed E-state index contributed by atoms with van der Waals surface area (Å²) in [7, 11) is 0. The standard InChI is InChI=1S/C15H17N3O2/c1-10(2)11-5-3-6-12(9-11)20-15-13(14(16)18-19)7-4-8-17-15/h3-10,19H,1-2H3,(H2,16,18). The van der Waals surface area contributed by atoms with Crippen LogP contribution in [0, 0.1) is 0 Å². The third-order valence-electron chi connectivity index (χ3n) is 2.89. The lowest BCUT2D eigenvalue weighted by Gasteiger charge is -2.11. The summed E-state index contributed by atoms with van der Waals surface area (Å²) < 4.78 is 5.74. The summed E-state index contributed by atoms with van der Waals surface area (Å²) in [6.07, 6.45) is 1.59. The van der Waals surface area contributed by atoms with Gasteiger partial charge in [0.25, 0.3) is 0 Å². The van der Waals surface area contributed by atoms with Crippen LogP contribution < -0.4 is 10.5 Å². The Morgan fingerprint density at radius 1 is 1.30 bits per heavy atom. The molecule has 3 N–H and O–H groups in total. The van der Waals surface area contributed by atoms with E-state index in [-0.39, 0.29) is 5.84 Å². The van der Waals surface area contributed by atoms with Crippen LogP contribution in [0.4, 0.5) is 0 Å². The lowest BCUT2D eigenvalue weighted by molar-refractivity contribution is 0.318. The second kappa shape index (κ2) is 6.06. The molecule has 0 spiro atoms. The molecule has 5 nitrogen and oxygen atoms in total. The number of rotatable bonds is 4. The number of benzene rings is 1. The third-order valence-corrected chi connectivity index (χ3v) is 2.89. The van der Waals surface area contributed by atoms with Crippen molar-refractivity contribution in [3.05, 3.63) is 53.7 Å². The van der Waals surface area contributed by atoms with Crippen molar-refractivity contribution >= 4 is 5.84 Å². The van der Waals surface area contributed by atoms with Crippen molar-refractivity contribution < 1.29 is 9.94 Å². The van der Waals surface area contributed by atoms with E-state index in [9.17, 15) is 0 Å². The number of amidine groups is 1. The first-order chi connectivity index (χ1) is 9.61. The second-order valence-corrected chi connectivity index (χ2v) is 4.67. The fraction of sp³-hybridized carbons (Fsp3) is 0.200. The Morgan fingerprint density at radius 3 is 2.80 bits per heavy atom. The van der Waals surface area contributed by atoms with E-state index in [1.165, 1.54) is 5.56 Å². The molecular formula is C15H17N3O2. The molecule has 0 aliphatic rings. The van der Waals surface area contributed by atoms with Crippen LogP contribution in [0.1, 0.15) is 30.9 Å². The number of hydrogen-bond donors (Lipinski definition) is 2. The van der Waals surface area contributed by atoms with Gasteiger partial charge in [0, 0.05) is 6.20 Å². The summed E-state index contributed by atoms with van der Waals surface area (Å²) in [5.74, 6) is 1.35. The summed E-state index contributed by atoms with van der Waals surface area (Å²) in [5.41, 5.74) is 7.23. The van der Waals surface area contributed by atoms with E-state index in [4.69, 9.17) is 15.7 Å². The highest BCUT2D eigenvalue weighted by atomic mass is 16.5. The summed E-state index contributed by atoms with van der Waals surface area (Å²) in [6, 6.07) is 11.2. The minimum atomic E-state index is -0.0342.